The number of nitrogens with zero attached hydrogens (tertiary/aromatic N) is 1. The average Bonchev–Trinajstić information content (AvgIpc) is 2.36. The van der Waals surface area contributed by atoms with Crippen molar-refractivity contribution in [1.82, 2.24) is 5.32 Å². The van der Waals surface area contributed by atoms with Crippen molar-refractivity contribution in [3.8, 4) is 0 Å². The van der Waals surface area contributed by atoms with Crippen molar-refractivity contribution in [1.29, 1.82) is 0 Å². The summed E-state index contributed by atoms with van der Waals surface area (Å²) in [6, 6.07) is 5.64. The lowest BCUT2D eigenvalue weighted by Crippen LogP contribution is -2.40. The maximum absolute atomic E-state index is 11.6. The van der Waals surface area contributed by atoms with Crippen molar-refractivity contribution >= 4 is 11.6 Å². The Morgan fingerprint density at radius 2 is 2.28 bits per heavy atom. The van der Waals surface area contributed by atoms with Crippen LogP contribution in [0.1, 0.15) is 25.3 Å². The van der Waals surface area contributed by atoms with Crippen LogP contribution in [-0.4, -0.2) is 16.9 Å². The van der Waals surface area contributed by atoms with Crippen molar-refractivity contribution in [2.45, 2.75) is 32.4 Å². The number of nitro groups is 1. The summed E-state index contributed by atoms with van der Waals surface area (Å²) in [5, 5.41) is 13.2. The summed E-state index contributed by atoms with van der Waals surface area (Å²) in [7, 11) is 0. The predicted octanol–water partition coefficient (Wildman–Crippen LogP) is 1.34. The molecule has 0 fully saturated rings. The van der Waals surface area contributed by atoms with Gasteiger partial charge in [-0.05, 0) is 12.0 Å². The first-order valence-corrected chi connectivity index (χ1v) is 5.81. The first-order chi connectivity index (χ1) is 8.54. The third kappa shape index (κ3) is 4.14. The van der Waals surface area contributed by atoms with E-state index in [-0.39, 0.29) is 18.1 Å². The highest BCUT2D eigenvalue weighted by atomic mass is 16.6. The molecule has 0 spiro atoms. The lowest BCUT2D eigenvalue weighted by Gasteiger charge is -2.10. The molecule has 0 radical (unpaired) electrons. The number of rotatable bonds is 6. The number of hydrogen-bond acceptors (Lipinski definition) is 4. The normalized spacial score (nSPS) is 11.9. The fourth-order valence-corrected chi connectivity index (χ4v) is 1.54. The molecule has 0 saturated heterocycles. The van der Waals surface area contributed by atoms with Crippen LogP contribution in [0.15, 0.2) is 24.3 Å². The summed E-state index contributed by atoms with van der Waals surface area (Å²) in [6.45, 7) is 2.20. The number of nitrogens with two attached hydrogens (primary N) is 1. The van der Waals surface area contributed by atoms with Gasteiger partial charge < -0.3 is 11.1 Å². The molecule has 6 heteroatoms. The Morgan fingerprint density at radius 3 is 2.89 bits per heavy atom. The van der Waals surface area contributed by atoms with Gasteiger partial charge in [-0.25, -0.2) is 0 Å². The van der Waals surface area contributed by atoms with E-state index in [4.69, 9.17) is 5.73 Å². The van der Waals surface area contributed by atoms with Gasteiger partial charge in [0.25, 0.3) is 5.69 Å². The number of nitrogens with one attached hydrogen (secondary N) is 1. The van der Waals surface area contributed by atoms with E-state index in [0.29, 0.717) is 12.0 Å². The van der Waals surface area contributed by atoms with Crippen LogP contribution < -0.4 is 11.1 Å². The third-order valence-electron chi connectivity index (χ3n) is 2.52. The monoisotopic (exact) mass is 251 g/mol. The van der Waals surface area contributed by atoms with Gasteiger partial charge in [-0.15, -0.1) is 0 Å². The minimum absolute atomic E-state index is 0.0135. The molecule has 1 aromatic rings. The number of carbonyl (C=O) groups excluding carboxylic acids is 1. The van der Waals surface area contributed by atoms with Crippen LogP contribution in [-0.2, 0) is 11.3 Å². The van der Waals surface area contributed by atoms with E-state index in [1.54, 1.807) is 12.1 Å². The second kappa shape index (κ2) is 6.70. The van der Waals surface area contributed by atoms with E-state index in [9.17, 15) is 14.9 Å². The quantitative estimate of drug-likeness (QED) is 0.588. The highest BCUT2D eigenvalue weighted by Gasteiger charge is 2.12. The highest BCUT2D eigenvalue weighted by molar-refractivity contribution is 5.81. The standard InChI is InChI=1S/C12H17N3O3/c1-2-4-11(13)12(16)14-8-9-5-3-6-10(7-9)15(17)18/h3,5-7,11H,2,4,8,13H2,1H3,(H,14,16)/t11-/m0/s1. The van der Waals surface area contributed by atoms with Crippen LogP contribution in [0.5, 0.6) is 0 Å². The van der Waals surface area contributed by atoms with Crippen molar-refractivity contribution < 1.29 is 9.72 Å². The molecule has 1 aromatic carbocycles. The van der Waals surface area contributed by atoms with E-state index in [1.165, 1.54) is 12.1 Å². The number of amides is 1. The Morgan fingerprint density at radius 1 is 1.56 bits per heavy atom. The van der Waals surface area contributed by atoms with E-state index in [0.717, 1.165) is 6.42 Å². The zero-order valence-corrected chi connectivity index (χ0v) is 10.3. The fraction of sp³-hybridized carbons (Fsp3) is 0.417. The summed E-state index contributed by atoms with van der Waals surface area (Å²) < 4.78 is 0. The summed E-state index contributed by atoms with van der Waals surface area (Å²) in [5.74, 6) is -0.233. The summed E-state index contributed by atoms with van der Waals surface area (Å²) in [6.07, 6.45) is 1.46. The molecule has 6 nitrogen and oxygen atoms in total. The van der Waals surface area contributed by atoms with Crippen LogP contribution >= 0.6 is 0 Å². The van der Waals surface area contributed by atoms with Gasteiger partial charge in [0.2, 0.25) is 5.91 Å². The maximum Gasteiger partial charge on any atom is 0.269 e. The van der Waals surface area contributed by atoms with E-state index >= 15 is 0 Å². The van der Waals surface area contributed by atoms with Crippen molar-refractivity contribution in [3.05, 3.63) is 39.9 Å². The topological polar surface area (TPSA) is 98.3 Å². The van der Waals surface area contributed by atoms with E-state index in [1.807, 2.05) is 6.92 Å². The van der Waals surface area contributed by atoms with Crippen molar-refractivity contribution in [3.63, 3.8) is 0 Å². The number of carbonyl (C=O) groups is 1. The van der Waals surface area contributed by atoms with Gasteiger partial charge in [0.1, 0.15) is 0 Å². The molecule has 0 saturated carbocycles. The van der Waals surface area contributed by atoms with Gasteiger partial charge in [-0.2, -0.15) is 0 Å². The second-order valence-corrected chi connectivity index (χ2v) is 4.04. The van der Waals surface area contributed by atoms with E-state index in [2.05, 4.69) is 5.32 Å². The number of hydrogen-bond donors (Lipinski definition) is 2. The lowest BCUT2D eigenvalue weighted by molar-refractivity contribution is -0.384. The number of non-ortho nitro benzene ring substituents is 1. The largest absolute Gasteiger partial charge is 0.351 e. The molecule has 0 unspecified atom stereocenters. The third-order valence-corrected chi connectivity index (χ3v) is 2.52. The molecule has 3 N–H and O–H groups in total. The molecule has 0 aliphatic rings. The molecule has 1 rings (SSSR count). The maximum atomic E-state index is 11.6. The SMILES string of the molecule is CCC[C@H](N)C(=O)NCc1cccc([N+](=O)[O-])c1. The highest BCUT2D eigenvalue weighted by Crippen LogP contribution is 2.12. The smallest absolute Gasteiger partial charge is 0.269 e. The van der Waals surface area contributed by atoms with Crippen LogP contribution in [0.3, 0.4) is 0 Å². The molecule has 98 valence electrons. The number of nitro benzene ring substituents is 1. The average molecular weight is 251 g/mol. The van der Waals surface area contributed by atoms with E-state index < -0.39 is 11.0 Å². The van der Waals surface area contributed by atoms with Crippen LogP contribution in [0.2, 0.25) is 0 Å². The Bertz CT molecular complexity index is 434. The molecule has 0 aliphatic carbocycles. The van der Waals surface area contributed by atoms with Crippen molar-refractivity contribution in [2.75, 3.05) is 0 Å². The Labute approximate surface area is 105 Å². The van der Waals surface area contributed by atoms with Crippen LogP contribution in [0.4, 0.5) is 5.69 Å². The Balaban J connectivity index is 2.55. The van der Waals surface area contributed by atoms with Crippen LogP contribution in [0, 0.1) is 10.1 Å². The minimum Gasteiger partial charge on any atom is -0.351 e. The summed E-state index contributed by atoms with van der Waals surface area (Å²) in [4.78, 5) is 21.7. The predicted molar refractivity (Wildman–Crippen MR) is 67.8 cm³/mol. The first-order valence-electron chi connectivity index (χ1n) is 5.81. The first kappa shape index (κ1) is 14.1. The van der Waals surface area contributed by atoms with Crippen molar-refractivity contribution in [2.24, 2.45) is 5.73 Å². The van der Waals surface area contributed by atoms with Gasteiger partial charge in [-0.3, -0.25) is 14.9 Å². The molecule has 0 heterocycles. The lowest BCUT2D eigenvalue weighted by atomic mass is 10.1. The summed E-state index contributed by atoms with van der Waals surface area (Å²) >= 11 is 0. The zero-order valence-electron chi connectivity index (χ0n) is 10.3. The molecular weight excluding hydrogens is 234 g/mol. The van der Waals surface area contributed by atoms with Gasteiger partial charge >= 0.3 is 0 Å². The Hall–Kier alpha value is -1.95. The Kier molecular flexibility index (Phi) is 5.26. The second-order valence-electron chi connectivity index (χ2n) is 4.04. The molecule has 0 aromatic heterocycles. The van der Waals surface area contributed by atoms with Crippen LogP contribution in [0.25, 0.3) is 0 Å². The minimum atomic E-state index is -0.520. The van der Waals surface area contributed by atoms with Gasteiger partial charge in [0.15, 0.2) is 0 Å². The van der Waals surface area contributed by atoms with Gasteiger partial charge in [0, 0.05) is 18.7 Å². The van der Waals surface area contributed by atoms with Gasteiger partial charge in [-0.1, -0.05) is 25.5 Å². The molecular formula is C12H17N3O3. The molecule has 0 bridgehead atoms. The molecule has 1 atom stereocenters. The fourth-order valence-electron chi connectivity index (χ4n) is 1.54. The number of benzene rings is 1. The molecule has 18 heavy (non-hydrogen) atoms. The van der Waals surface area contributed by atoms with Gasteiger partial charge in [0.05, 0.1) is 11.0 Å². The molecule has 1 amide bonds. The summed E-state index contributed by atoms with van der Waals surface area (Å²) in [5.41, 5.74) is 6.34. The molecule has 0 aliphatic heterocycles. The zero-order chi connectivity index (χ0) is 13.5.